The average molecular weight is 205 g/mol. The van der Waals surface area contributed by atoms with Crippen LogP contribution < -0.4 is 0 Å². The first-order valence-electron chi connectivity index (χ1n) is 4.55. The summed E-state index contributed by atoms with van der Waals surface area (Å²) in [5.74, 6) is -0.526. The van der Waals surface area contributed by atoms with Crippen LogP contribution in [-0.4, -0.2) is 12.6 Å². The normalized spacial score (nSPS) is 11.3. The minimum Gasteiger partial charge on any atom is -0.465 e. The minimum atomic E-state index is -0.892. The maximum atomic E-state index is 11.4. The molecule has 0 spiro atoms. The third kappa shape index (κ3) is 3.00. The van der Waals surface area contributed by atoms with E-state index in [0.29, 0.717) is 5.56 Å². The predicted octanol–water partition coefficient (Wildman–Crippen LogP) is 2.60. The van der Waals surface area contributed by atoms with Crippen molar-refractivity contribution in [3.05, 3.63) is 46.3 Å². The molecule has 0 saturated carbocycles. The van der Waals surface area contributed by atoms with E-state index in [2.05, 4.69) is 10.0 Å². The van der Waals surface area contributed by atoms with E-state index in [9.17, 15) is 4.79 Å². The molecular formula is C10H11N3O2. The number of azide groups is 1. The Labute approximate surface area is 87.3 Å². The second-order valence-electron chi connectivity index (χ2n) is 2.77. The van der Waals surface area contributed by atoms with Crippen molar-refractivity contribution in [3.63, 3.8) is 0 Å². The summed E-state index contributed by atoms with van der Waals surface area (Å²) < 4.78 is 4.81. The highest BCUT2D eigenvalue weighted by molar-refractivity contribution is 5.77. The summed E-state index contributed by atoms with van der Waals surface area (Å²) in [7, 11) is 0. The zero-order valence-corrected chi connectivity index (χ0v) is 8.33. The highest BCUT2D eigenvalue weighted by atomic mass is 16.5. The molecule has 5 nitrogen and oxygen atoms in total. The third-order valence-corrected chi connectivity index (χ3v) is 1.79. The van der Waals surface area contributed by atoms with Gasteiger partial charge in [0.25, 0.3) is 0 Å². The van der Waals surface area contributed by atoms with Crippen LogP contribution in [0, 0.1) is 0 Å². The van der Waals surface area contributed by atoms with Crippen LogP contribution in [0.25, 0.3) is 10.4 Å². The van der Waals surface area contributed by atoms with Crippen LogP contribution in [-0.2, 0) is 9.53 Å². The van der Waals surface area contributed by atoms with Gasteiger partial charge in [0, 0.05) is 4.91 Å². The number of carbonyl (C=O) groups excluding carboxylic acids is 1. The minimum absolute atomic E-state index is 0.267. The molecule has 0 aromatic heterocycles. The van der Waals surface area contributed by atoms with Gasteiger partial charge < -0.3 is 4.74 Å². The van der Waals surface area contributed by atoms with Gasteiger partial charge in [0.05, 0.1) is 6.61 Å². The van der Waals surface area contributed by atoms with E-state index < -0.39 is 12.0 Å². The monoisotopic (exact) mass is 205 g/mol. The second kappa shape index (κ2) is 5.67. The summed E-state index contributed by atoms with van der Waals surface area (Å²) in [5.41, 5.74) is 9.00. The lowest BCUT2D eigenvalue weighted by Crippen LogP contribution is -2.13. The molecule has 0 fully saturated rings. The molecule has 15 heavy (non-hydrogen) atoms. The van der Waals surface area contributed by atoms with E-state index in [1.807, 2.05) is 6.07 Å². The number of rotatable bonds is 4. The fourth-order valence-corrected chi connectivity index (χ4v) is 1.16. The molecule has 1 aromatic rings. The molecule has 0 aliphatic rings. The smallest absolute Gasteiger partial charge is 0.319 e. The van der Waals surface area contributed by atoms with Gasteiger partial charge in [0.1, 0.15) is 0 Å². The van der Waals surface area contributed by atoms with Crippen LogP contribution >= 0.6 is 0 Å². The van der Waals surface area contributed by atoms with Crippen LogP contribution in [0.3, 0.4) is 0 Å². The predicted molar refractivity (Wildman–Crippen MR) is 55.0 cm³/mol. The number of ether oxygens (including phenoxy) is 1. The number of carbonyl (C=O) groups is 1. The van der Waals surface area contributed by atoms with E-state index in [1.165, 1.54) is 0 Å². The van der Waals surface area contributed by atoms with Crippen LogP contribution in [0.1, 0.15) is 18.5 Å². The number of hydrogen-bond donors (Lipinski definition) is 0. The second-order valence-corrected chi connectivity index (χ2v) is 2.77. The van der Waals surface area contributed by atoms with Crippen molar-refractivity contribution in [2.75, 3.05) is 6.61 Å². The number of benzene rings is 1. The van der Waals surface area contributed by atoms with E-state index in [1.54, 1.807) is 31.2 Å². The van der Waals surface area contributed by atoms with E-state index in [4.69, 9.17) is 10.3 Å². The molecular weight excluding hydrogens is 194 g/mol. The molecule has 0 N–H and O–H groups in total. The average Bonchev–Trinajstić information content (AvgIpc) is 2.27. The SMILES string of the molecule is CCOC(=O)[C@@H](N=[N+]=[N-])c1ccccc1. The van der Waals surface area contributed by atoms with Gasteiger partial charge in [-0.3, -0.25) is 4.79 Å². The first-order chi connectivity index (χ1) is 7.29. The molecule has 0 saturated heterocycles. The molecule has 0 unspecified atom stereocenters. The Bertz CT molecular complexity index is 372. The van der Waals surface area contributed by atoms with Crippen molar-refractivity contribution in [2.45, 2.75) is 13.0 Å². The summed E-state index contributed by atoms with van der Waals surface area (Å²) >= 11 is 0. The summed E-state index contributed by atoms with van der Waals surface area (Å²) in [6.45, 7) is 1.97. The molecule has 1 atom stereocenters. The highest BCUT2D eigenvalue weighted by Gasteiger charge is 2.19. The molecule has 0 aliphatic carbocycles. The standard InChI is InChI=1S/C10H11N3O2/c1-2-15-10(14)9(12-13-11)8-6-4-3-5-7-8/h3-7,9H,2H2,1H3/t9-/m0/s1. The fraction of sp³-hybridized carbons (Fsp3) is 0.300. The van der Waals surface area contributed by atoms with Crippen molar-refractivity contribution in [2.24, 2.45) is 5.11 Å². The first-order valence-corrected chi connectivity index (χ1v) is 4.55. The fourth-order valence-electron chi connectivity index (χ4n) is 1.16. The molecule has 5 heteroatoms. The van der Waals surface area contributed by atoms with Crippen LogP contribution in [0.5, 0.6) is 0 Å². The van der Waals surface area contributed by atoms with E-state index in [-0.39, 0.29) is 6.61 Å². The zero-order valence-electron chi connectivity index (χ0n) is 8.33. The van der Waals surface area contributed by atoms with Crippen LogP contribution in [0.4, 0.5) is 0 Å². The van der Waals surface area contributed by atoms with E-state index >= 15 is 0 Å². The quantitative estimate of drug-likeness (QED) is 0.328. The first kappa shape index (κ1) is 11.1. The Balaban J connectivity index is 2.93. The number of nitrogens with zero attached hydrogens (tertiary/aromatic N) is 3. The lowest BCUT2D eigenvalue weighted by molar-refractivity contribution is -0.144. The van der Waals surface area contributed by atoms with Crippen molar-refractivity contribution in [1.82, 2.24) is 0 Å². The van der Waals surface area contributed by atoms with E-state index in [0.717, 1.165) is 0 Å². The van der Waals surface area contributed by atoms with Crippen molar-refractivity contribution >= 4 is 5.97 Å². The van der Waals surface area contributed by atoms with Crippen molar-refractivity contribution in [1.29, 1.82) is 0 Å². The Hall–Kier alpha value is -2.00. The number of hydrogen-bond acceptors (Lipinski definition) is 3. The van der Waals surface area contributed by atoms with Gasteiger partial charge >= 0.3 is 5.97 Å². The molecule has 0 aliphatic heterocycles. The lowest BCUT2D eigenvalue weighted by Gasteiger charge is -2.09. The van der Waals surface area contributed by atoms with Gasteiger partial charge in [-0.25, -0.2) is 0 Å². The Morgan fingerprint density at radius 3 is 2.73 bits per heavy atom. The van der Waals surface area contributed by atoms with Crippen molar-refractivity contribution < 1.29 is 9.53 Å². The van der Waals surface area contributed by atoms with Gasteiger partial charge in [0.2, 0.25) is 0 Å². The van der Waals surface area contributed by atoms with Gasteiger partial charge in [-0.05, 0) is 18.0 Å². The lowest BCUT2D eigenvalue weighted by atomic mass is 10.1. The van der Waals surface area contributed by atoms with Crippen LogP contribution in [0.2, 0.25) is 0 Å². The Kier molecular flexibility index (Phi) is 4.19. The topological polar surface area (TPSA) is 75.1 Å². The van der Waals surface area contributed by atoms with Gasteiger partial charge in [-0.1, -0.05) is 35.4 Å². The van der Waals surface area contributed by atoms with Gasteiger partial charge in [-0.15, -0.1) is 0 Å². The van der Waals surface area contributed by atoms with Crippen molar-refractivity contribution in [3.8, 4) is 0 Å². The summed E-state index contributed by atoms with van der Waals surface area (Å²) in [4.78, 5) is 14.1. The zero-order chi connectivity index (χ0) is 11.1. The summed E-state index contributed by atoms with van der Waals surface area (Å²) in [5, 5.41) is 3.42. The molecule has 0 amide bonds. The summed E-state index contributed by atoms with van der Waals surface area (Å²) in [6, 6.07) is 7.91. The molecule has 0 bridgehead atoms. The Morgan fingerprint density at radius 1 is 1.53 bits per heavy atom. The molecule has 1 aromatic carbocycles. The molecule has 78 valence electrons. The molecule has 0 radical (unpaired) electrons. The number of esters is 1. The maximum absolute atomic E-state index is 11.4. The molecule has 0 heterocycles. The highest BCUT2D eigenvalue weighted by Crippen LogP contribution is 2.18. The third-order valence-electron chi connectivity index (χ3n) is 1.79. The maximum Gasteiger partial charge on any atom is 0.319 e. The molecule has 1 rings (SSSR count). The summed E-state index contributed by atoms with van der Waals surface area (Å²) in [6.07, 6.45) is 0. The Morgan fingerprint density at radius 2 is 2.20 bits per heavy atom. The van der Waals surface area contributed by atoms with Crippen LogP contribution in [0.15, 0.2) is 35.4 Å². The van der Waals surface area contributed by atoms with Gasteiger partial charge in [-0.2, -0.15) is 0 Å². The largest absolute Gasteiger partial charge is 0.465 e. The van der Waals surface area contributed by atoms with Gasteiger partial charge in [0.15, 0.2) is 6.04 Å².